The van der Waals surface area contributed by atoms with Gasteiger partial charge in [0, 0.05) is 38.2 Å². The van der Waals surface area contributed by atoms with Crippen LogP contribution in [0.1, 0.15) is 60.2 Å². The second-order valence-electron chi connectivity index (χ2n) is 7.67. The molecule has 148 valence electrons. The molecule has 1 aromatic heterocycles. The van der Waals surface area contributed by atoms with Gasteiger partial charge in [-0.25, -0.2) is 0 Å². The summed E-state index contributed by atoms with van der Waals surface area (Å²) in [4.78, 5) is 39.9. The summed E-state index contributed by atoms with van der Waals surface area (Å²) in [6, 6.07) is 0. The number of aryl methyl sites for hydroxylation is 1. The van der Waals surface area contributed by atoms with Crippen molar-refractivity contribution in [1.29, 1.82) is 0 Å². The van der Waals surface area contributed by atoms with Crippen LogP contribution in [0.25, 0.3) is 0 Å². The number of amides is 2. The first-order valence-corrected chi connectivity index (χ1v) is 9.81. The van der Waals surface area contributed by atoms with Crippen LogP contribution in [0.3, 0.4) is 0 Å². The fraction of sp³-hybridized carbons (Fsp3) is 0.650. The second kappa shape index (κ2) is 8.59. The Morgan fingerprint density at radius 1 is 1.07 bits per heavy atom. The Kier molecular flexibility index (Phi) is 6.19. The summed E-state index contributed by atoms with van der Waals surface area (Å²) in [5.41, 5.74) is 0.992. The van der Waals surface area contributed by atoms with Crippen LogP contribution >= 0.6 is 0 Å². The van der Waals surface area contributed by atoms with Gasteiger partial charge in [-0.05, 0) is 25.7 Å². The molecule has 1 aliphatic carbocycles. The number of carbonyl (C=O) groups excluding carboxylic acids is 2. The van der Waals surface area contributed by atoms with Gasteiger partial charge >= 0.3 is 5.97 Å². The first kappa shape index (κ1) is 19.5. The lowest BCUT2D eigenvalue weighted by atomic mass is 9.86. The molecule has 2 fully saturated rings. The minimum absolute atomic E-state index is 0.194. The number of rotatable bonds is 5. The van der Waals surface area contributed by atoms with E-state index in [1.807, 2.05) is 4.90 Å². The Hall–Kier alpha value is -2.31. The third-order valence-electron chi connectivity index (χ3n) is 5.68. The maximum atomic E-state index is 12.8. The Morgan fingerprint density at radius 3 is 2.33 bits per heavy atom. The van der Waals surface area contributed by atoms with E-state index >= 15 is 0 Å². The van der Waals surface area contributed by atoms with Gasteiger partial charge in [0.1, 0.15) is 12.2 Å². The molecule has 0 bridgehead atoms. The third-order valence-corrected chi connectivity index (χ3v) is 5.68. The number of hydrogen-bond acceptors (Lipinski definition) is 4. The molecule has 1 aliphatic heterocycles. The average Bonchev–Trinajstić information content (AvgIpc) is 3.01. The fourth-order valence-corrected chi connectivity index (χ4v) is 4.14. The monoisotopic (exact) mass is 376 g/mol. The molecule has 1 aromatic rings. The number of carbonyl (C=O) groups is 3. The highest BCUT2D eigenvalue weighted by molar-refractivity contribution is 5.97. The minimum Gasteiger partial charge on any atom is -0.481 e. The van der Waals surface area contributed by atoms with Crippen LogP contribution in [0.5, 0.6) is 0 Å². The molecule has 7 nitrogen and oxygen atoms in total. The van der Waals surface area contributed by atoms with E-state index in [9.17, 15) is 14.4 Å². The van der Waals surface area contributed by atoms with E-state index in [-0.39, 0.29) is 24.0 Å². The molecule has 3 rings (SSSR count). The molecule has 0 atom stereocenters. The standard InChI is InChI=1S/C20H28N2O5/c1-14-13-27-16(12-18(24)25)19(14)20(26)22-9-7-21(8-10-22)17(23)11-15-5-3-2-4-6-15/h13,15H,2-12H2,1H3,(H,24,25). The highest BCUT2D eigenvalue weighted by Gasteiger charge is 2.30. The number of hydrogen-bond donors (Lipinski definition) is 1. The Morgan fingerprint density at radius 2 is 1.70 bits per heavy atom. The third kappa shape index (κ3) is 4.70. The molecule has 0 radical (unpaired) electrons. The quantitative estimate of drug-likeness (QED) is 0.852. The van der Waals surface area contributed by atoms with E-state index in [0.29, 0.717) is 49.6 Å². The summed E-state index contributed by atoms with van der Waals surface area (Å²) in [5, 5.41) is 8.99. The molecular formula is C20H28N2O5. The molecule has 1 N–H and O–H groups in total. The second-order valence-corrected chi connectivity index (χ2v) is 7.67. The van der Waals surface area contributed by atoms with Gasteiger partial charge in [-0.15, -0.1) is 0 Å². The fourth-order valence-electron chi connectivity index (χ4n) is 4.14. The van der Waals surface area contributed by atoms with Gasteiger partial charge in [-0.1, -0.05) is 19.3 Å². The molecule has 1 saturated carbocycles. The van der Waals surface area contributed by atoms with Gasteiger partial charge < -0.3 is 19.3 Å². The van der Waals surface area contributed by atoms with Crippen LogP contribution in [-0.2, 0) is 16.0 Å². The van der Waals surface area contributed by atoms with Crippen LogP contribution in [0.2, 0.25) is 0 Å². The highest BCUT2D eigenvalue weighted by Crippen LogP contribution is 2.27. The maximum absolute atomic E-state index is 12.8. The predicted molar refractivity (Wildman–Crippen MR) is 98.5 cm³/mol. The molecule has 0 unspecified atom stereocenters. The van der Waals surface area contributed by atoms with Crippen LogP contribution in [-0.4, -0.2) is 58.9 Å². The van der Waals surface area contributed by atoms with Gasteiger partial charge in [0.25, 0.3) is 5.91 Å². The number of aliphatic carboxylic acids is 1. The Bertz CT molecular complexity index is 697. The summed E-state index contributed by atoms with van der Waals surface area (Å²) in [7, 11) is 0. The Labute approximate surface area is 159 Å². The predicted octanol–water partition coefficient (Wildman–Crippen LogP) is 2.47. The number of carboxylic acids is 1. The first-order chi connectivity index (χ1) is 13.0. The summed E-state index contributed by atoms with van der Waals surface area (Å²) in [6.45, 7) is 3.73. The zero-order chi connectivity index (χ0) is 19.4. The topological polar surface area (TPSA) is 91.1 Å². The minimum atomic E-state index is -1.03. The molecule has 0 aromatic carbocycles. The van der Waals surface area contributed by atoms with Crippen molar-refractivity contribution in [2.75, 3.05) is 26.2 Å². The molecule has 1 saturated heterocycles. The molecule has 0 spiro atoms. The SMILES string of the molecule is Cc1coc(CC(=O)O)c1C(=O)N1CCN(C(=O)CC2CCCCC2)CC1. The van der Waals surface area contributed by atoms with Crippen molar-refractivity contribution in [3.05, 3.63) is 23.2 Å². The van der Waals surface area contributed by atoms with Crippen molar-refractivity contribution in [2.45, 2.75) is 51.9 Å². The lowest BCUT2D eigenvalue weighted by molar-refractivity contribution is -0.136. The van der Waals surface area contributed by atoms with Crippen LogP contribution < -0.4 is 0 Å². The van der Waals surface area contributed by atoms with Crippen molar-refractivity contribution >= 4 is 17.8 Å². The normalized spacial score (nSPS) is 18.6. The van der Waals surface area contributed by atoms with Gasteiger partial charge in [-0.2, -0.15) is 0 Å². The Balaban J connectivity index is 1.56. The van der Waals surface area contributed by atoms with E-state index in [1.54, 1.807) is 11.8 Å². The highest BCUT2D eigenvalue weighted by atomic mass is 16.4. The zero-order valence-electron chi connectivity index (χ0n) is 15.9. The van der Waals surface area contributed by atoms with Crippen molar-refractivity contribution in [1.82, 2.24) is 9.80 Å². The van der Waals surface area contributed by atoms with Crippen LogP contribution in [0.4, 0.5) is 0 Å². The van der Waals surface area contributed by atoms with E-state index in [0.717, 1.165) is 12.8 Å². The van der Waals surface area contributed by atoms with Gasteiger partial charge in [0.2, 0.25) is 5.91 Å². The van der Waals surface area contributed by atoms with Crippen molar-refractivity contribution in [3.8, 4) is 0 Å². The van der Waals surface area contributed by atoms with E-state index < -0.39 is 5.97 Å². The van der Waals surface area contributed by atoms with Crippen molar-refractivity contribution in [3.63, 3.8) is 0 Å². The summed E-state index contributed by atoms with van der Waals surface area (Å²) >= 11 is 0. The first-order valence-electron chi connectivity index (χ1n) is 9.81. The van der Waals surface area contributed by atoms with E-state index in [4.69, 9.17) is 9.52 Å². The zero-order valence-corrected chi connectivity index (χ0v) is 15.9. The lowest BCUT2D eigenvalue weighted by Crippen LogP contribution is -2.51. The molecule has 2 aliphatic rings. The largest absolute Gasteiger partial charge is 0.481 e. The summed E-state index contributed by atoms with van der Waals surface area (Å²) < 4.78 is 5.27. The van der Waals surface area contributed by atoms with Crippen molar-refractivity contribution in [2.24, 2.45) is 5.92 Å². The van der Waals surface area contributed by atoms with Crippen molar-refractivity contribution < 1.29 is 23.9 Å². The molecular weight excluding hydrogens is 348 g/mol. The number of nitrogens with zero attached hydrogens (tertiary/aromatic N) is 2. The van der Waals surface area contributed by atoms with Gasteiger partial charge in [-0.3, -0.25) is 14.4 Å². The van der Waals surface area contributed by atoms with E-state index in [2.05, 4.69) is 0 Å². The summed E-state index contributed by atoms with van der Waals surface area (Å²) in [6.07, 6.45) is 7.77. The van der Waals surface area contributed by atoms with Gasteiger partial charge in [0.15, 0.2) is 0 Å². The number of furan rings is 1. The van der Waals surface area contributed by atoms with Crippen LogP contribution in [0.15, 0.2) is 10.7 Å². The van der Waals surface area contributed by atoms with E-state index in [1.165, 1.54) is 25.5 Å². The smallest absolute Gasteiger partial charge is 0.311 e. The maximum Gasteiger partial charge on any atom is 0.311 e. The molecule has 2 amide bonds. The number of carboxylic acid groups (broad SMARTS) is 1. The molecule has 2 heterocycles. The lowest BCUT2D eigenvalue weighted by Gasteiger charge is -2.35. The van der Waals surface area contributed by atoms with Crippen LogP contribution in [0, 0.1) is 12.8 Å². The number of piperazine rings is 1. The van der Waals surface area contributed by atoms with Gasteiger partial charge in [0.05, 0.1) is 11.8 Å². The molecule has 27 heavy (non-hydrogen) atoms. The molecule has 7 heteroatoms. The average molecular weight is 376 g/mol. The summed E-state index contributed by atoms with van der Waals surface area (Å²) in [5.74, 6) is -0.340.